The Labute approximate surface area is 113 Å². The van der Waals surface area contributed by atoms with Crippen molar-refractivity contribution in [1.82, 2.24) is 15.1 Å². The number of nitrogens with two attached hydrogens (primary N) is 1. The zero-order valence-corrected chi connectivity index (χ0v) is 11.8. The summed E-state index contributed by atoms with van der Waals surface area (Å²) in [6.07, 6.45) is 4.58. The summed E-state index contributed by atoms with van der Waals surface area (Å²) in [7, 11) is 3.37. The van der Waals surface area contributed by atoms with Gasteiger partial charge in [-0.1, -0.05) is 12.8 Å². The molecule has 1 aromatic heterocycles. The SMILES string of the molecule is COc1c(C(NC2CCCC2)C(N)=O)c(C)nn1C. The van der Waals surface area contributed by atoms with Gasteiger partial charge in [0, 0.05) is 13.1 Å². The number of methoxy groups -OCH3 is 1. The molecular weight excluding hydrogens is 244 g/mol. The van der Waals surface area contributed by atoms with Crippen molar-refractivity contribution in [2.24, 2.45) is 12.8 Å². The smallest absolute Gasteiger partial charge is 0.239 e. The van der Waals surface area contributed by atoms with Crippen molar-refractivity contribution in [2.45, 2.75) is 44.7 Å². The Bertz CT molecular complexity index is 463. The van der Waals surface area contributed by atoms with Crippen LogP contribution in [0.15, 0.2) is 0 Å². The lowest BCUT2D eigenvalue weighted by Gasteiger charge is -2.21. The monoisotopic (exact) mass is 266 g/mol. The predicted octanol–water partition coefficient (Wildman–Crippen LogP) is 0.796. The molecule has 1 aliphatic carbocycles. The third-order valence-electron chi connectivity index (χ3n) is 3.74. The molecule has 1 unspecified atom stereocenters. The van der Waals surface area contributed by atoms with Gasteiger partial charge in [0.15, 0.2) is 0 Å². The fourth-order valence-electron chi connectivity index (χ4n) is 2.86. The molecule has 2 rings (SSSR count). The highest BCUT2D eigenvalue weighted by atomic mass is 16.5. The molecule has 6 nitrogen and oxygen atoms in total. The van der Waals surface area contributed by atoms with E-state index >= 15 is 0 Å². The van der Waals surface area contributed by atoms with E-state index in [2.05, 4.69) is 10.4 Å². The number of aromatic nitrogens is 2. The lowest BCUT2D eigenvalue weighted by Crippen LogP contribution is -2.39. The largest absolute Gasteiger partial charge is 0.481 e. The van der Waals surface area contributed by atoms with Gasteiger partial charge in [0.25, 0.3) is 0 Å². The van der Waals surface area contributed by atoms with Gasteiger partial charge in [0.2, 0.25) is 11.8 Å². The first kappa shape index (κ1) is 13.9. The number of nitrogens with one attached hydrogen (secondary N) is 1. The molecule has 0 saturated heterocycles. The Morgan fingerprint density at radius 3 is 2.68 bits per heavy atom. The number of ether oxygens (including phenoxy) is 1. The molecule has 1 aliphatic rings. The number of aryl methyl sites for hydroxylation is 2. The van der Waals surface area contributed by atoms with Crippen molar-refractivity contribution in [3.63, 3.8) is 0 Å². The van der Waals surface area contributed by atoms with Crippen molar-refractivity contribution in [1.29, 1.82) is 0 Å². The standard InChI is InChI=1S/C13H22N4O2/c1-8-10(13(19-3)17(2)16-8)11(12(14)18)15-9-6-4-5-7-9/h9,11,15H,4-7H2,1-3H3,(H2,14,18). The minimum absolute atomic E-state index is 0.349. The highest BCUT2D eigenvalue weighted by molar-refractivity contribution is 5.82. The zero-order valence-electron chi connectivity index (χ0n) is 11.8. The number of nitrogens with zero attached hydrogens (tertiary/aromatic N) is 2. The van der Waals surface area contributed by atoms with Crippen LogP contribution >= 0.6 is 0 Å². The first-order chi connectivity index (χ1) is 9.04. The molecule has 1 aromatic rings. The number of amides is 1. The van der Waals surface area contributed by atoms with E-state index < -0.39 is 6.04 Å². The van der Waals surface area contributed by atoms with Crippen LogP contribution in [0.25, 0.3) is 0 Å². The van der Waals surface area contributed by atoms with E-state index in [4.69, 9.17) is 10.5 Å². The quantitative estimate of drug-likeness (QED) is 0.825. The second-order valence-electron chi connectivity index (χ2n) is 5.12. The van der Waals surface area contributed by atoms with E-state index in [0.717, 1.165) is 24.1 Å². The summed E-state index contributed by atoms with van der Waals surface area (Å²) in [5, 5.41) is 7.66. The Balaban J connectivity index is 2.30. The van der Waals surface area contributed by atoms with Crippen LogP contribution in [0.5, 0.6) is 5.88 Å². The lowest BCUT2D eigenvalue weighted by molar-refractivity contribution is -0.120. The maximum atomic E-state index is 11.8. The zero-order chi connectivity index (χ0) is 14.0. The summed E-state index contributed by atoms with van der Waals surface area (Å²) in [5.41, 5.74) is 7.08. The molecular formula is C13H22N4O2. The number of primary amides is 1. The van der Waals surface area contributed by atoms with Crippen LogP contribution in [0.4, 0.5) is 0 Å². The van der Waals surface area contributed by atoms with Crippen molar-refractivity contribution >= 4 is 5.91 Å². The minimum Gasteiger partial charge on any atom is -0.481 e. The van der Waals surface area contributed by atoms with Crippen molar-refractivity contribution in [2.75, 3.05) is 7.11 Å². The molecule has 1 atom stereocenters. The summed E-state index contributed by atoms with van der Waals surface area (Å²) < 4.78 is 6.98. The molecule has 1 saturated carbocycles. The molecule has 106 valence electrons. The normalized spacial score (nSPS) is 17.6. The minimum atomic E-state index is -0.535. The number of carbonyl (C=O) groups excluding carboxylic acids is 1. The Morgan fingerprint density at radius 2 is 2.16 bits per heavy atom. The third kappa shape index (κ3) is 2.73. The van der Waals surface area contributed by atoms with E-state index in [1.165, 1.54) is 12.8 Å². The van der Waals surface area contributed by atoms with Gasteiger partial charge in [-0.2, -0.15) is 5.10 Å². The van der Waals surface area contributed by atoms with Crippen molar-refractivity contribution < 1.29 is 9.53 Å². The topological polar surface area (TPSA) is 82.2 Å². The molecule has 6 heteroatoms. The first-order valence-electron chi connectivity index (χ1n) is 6.67. The van der Waals surface area contributed by atoms with Crippen LogP contribution in [-0.4, -0.2) is 28.8 Å². The van der Waals surface area contributed by atoms with Crippen LogP contribution in [0.1, 0.15) is 43.0 Å². The maximum Gasteiger partial charge on any atom is 0.239 e. The Hall–Kier alpha value is -1.56. The van der Waals surface area contributed by atoms with Crippen LogP contribution < -0.4 is 15.8 Å². The summed E-state index contributed by atoms with van der Waals surface area (Å²) in [5.74, 6) is 0.202. The number of carbonyl (C=O) groups is 1. The number of hydrogen-bond donors (Lipinski definition) is 2. The van der Waals surface area contributed by atoms with Gasteiger partial charge in [-0.15, -0.1) is 0 Å². The molecule has 1 heterocycles. The van der Waals surface area contributed by atoms with Gasteiger partial charge in [-0.25, -0.2) is 4.68 Å². The lowest BCUT2D eigenvalue weighted by atomic mass is 10.1. The van der Waals surface area contributed by atoms with Crippen LogP contribution in [0.2, 0.25) is 0 Å². The average molecular weight is 266 g/mol. The second kappa shape index (κ2) is 5.61. The molecule has 0 radical (unpaired) electrons. The van der Waals surface area contributed by atoms with E-state index in [0.29, 0.717) is 11.9 Å². The van der Waals surface area contributed by atoms with Crippen LogP contribution in [0, 0.1) is 6.92 Å². The number of rotatable bonds is 5. The molecule has 19 heavy (non-hydrogen) atoms. The second-order valence-corrected chi connectivity index (χ2v) is 5.12. The Kier molecular flexibility index (Phi) is 4.09. The van der Waals surface area contributed by atoms with Gasteiger partial charge in [-0.3, -0.25) is 10.1 Å². The fourth-order valence-corrected chi connectivity index (χ4v) is 2.86. The van der Waals surface area contributed by atoms with Gasteiger partial charge in [0.1, 0.15) is 6.04 Å². The molecule has 0 bridgehead atoms. The summed E-state index contributed by atoms with van der Waals surface area (Å²) >= 11 is 0. The fraction of sp³-hybridized carbons (Fsp3) is 0.692. The van der Waals surface area contributed by atoms with Gasteiger partial charge in [0.05, 0.1) is 18.4 Å². The first-order valence-corrected chi connectivity index (χ1v) is 6.67. The molecule has 0 aromatic carbocycles. The van der Waals surface area contributed by atoms with Gasteiger partial charge >= 0.3 is 0 Å². The van der Waals surface area contributed by atoms with E-state index in [1.807, 2.05) is 6.92 Å². The van der Waals surface area contributed by atoms with E-state index in [1.54, 1.807) is 18.8 Å². The van der Waals surface area contributed by atoms with E-state index in [9.17, 15) is 4.79 Å². The molecule has 0 spiro atoms. The van der Waals surface area contributed by atoms with Crippen molar-refractivity contribution in [3.8, 4) is 5.88 Å². The number of hydrogen-bond acceptors (Lipinski definition) is 4. The van der Waals surface area contributed by atoms with E-state index in [-0.39, 0.29) is 5.91 Å². The van der Waals surface area contributed by atoms with Gasteiger partial charge in [-0.05, 0) is 19.8 Å². The van der Waals surface area contributed by atoms with Crippen LogP contribution in [0.3, 0.4) is 0 Å². The molecule has 3 N–H and O–H groups in total. The van der Waals surface area contributed by atoms with Gasteiger partial charge < -0.3 is 10.5 Å². The van der Waals surface area contributed by atoms with Crippen LogP contribution in [-0.2, 0) is 11.8 Å². The highest BCUT2D eigenvalue weighted by Crippen LogP contribution is 2.30. The highest BCUT2D eigenvalue weighted by Gasteiger charge is 2.30. The third-order valence-corrected chi connectivity index (χ3v) is 3.74. The molecule has 1 fully saturated rings. The average Bonchev–Trinajstić information content (AvgIpc) is 2.93. The molecule has 1 amide bonds. The van der Waals surface area contributed by atoms with Crippen molar-refractivity contribution in [3.05, 3.63) is 11.3 Å². The Morgan fingerprint density at radius 1 is 1.53 bits per heavy atom. The maximum absolute atomic E-state index is 11.8. The summed E-state index contributed by atoms with van der Waals surface area (Å²) in [4.78, 5) is 11.8. The predicted molar refractivity (Wildman–Crippen MR) is 71.8 cm³/mol. The summed E-state index contributed by atoms with van der Waals surface area (Å²) in [6.45, 7) is 1.87. The molecule has 0 aliphatic heterocycles. The summed E-state index contributed by atoms with van der Waals surface area (Å²) in [6, 6.07) is -0.187.